The van der Waals surface area contributed by atoms with Crippen LogP contribution in [-0.2, 0) is 14.8 Å². The van der Waals surface area contributed by atoms with Gasteiger partial charge in [0.15, 0.2) is 0 Å². The second kappa shape index (κ2) is 5.48. The summed E-state index contributed by atoms with van der Waals surface area (Å²) >= 11 is 0. The topological polar surface area (TPSA) is 91.4 Å². The highest BCUT2D eigenvalue weighted by Gasteiger charge is 2.10. The van der Waals surface area contributed by atoms with Crippen molar-refractivity contribution in [2.45, 2.75) is 11.8 Å². The maximum absolute atomic E-state index is 11.5. The average Bonchev–Trinajstić information content (AvgIpc) is 2.88. The SMILES string of the molecule is CCOC(=O)c1ccn(-c2ccc(S(N)(=O)=O)cc2)c1. The molecule has 1 aromatic carbocycles. The summed E-state index contributed by atoms with van der Waals surface area (Å²) in [4.78, 5) is 11.6. The molecular formula is C13H14N2O4S. The van der Waals surface area contributed by atoms with E-state index in [2.05, 4.69) is 0 Å². The Morgan fingerprint density at radius 3 is 2.45 bits per heavy atom. The van der Waals surface area contributed by atoms with E-state index in [1.54, 1.807) is 42.1 Å². The Morgan fingerprint density at radius 1 is 1.25 bits per heavy atom. The van der Waals surface area contributed by atoms with Gasteiger partial charge < -0.3 is 9.30 Å². The molecule has 0 fully saturated rings. The normalized spacial score (nSPS) is 11.3. The van der Waals surface area contributed by atoms with E-state index < -0.39 is 16.0 Å². The fourth-order valence-electron chi connectivity index (χ4n) is 1.70. The number of hydrogen-bond acceptors (Lipinski definition) is 4. The molecule has 0 aliphatic rings. The third kappa shape index (κ3) is 3.06. The molecule has 0 saturated heterocycles. The van der Waals surface area contributed by atoms with Gasteiger partial charge in [0.2, 0.25) is 10.0 Å². The Labute approximate surface area is 116 Å². The van der Waals surface area contributed by atoms with Crippen LogP contribution < -0.4 is 5.14 Å². The number of rotatable bonds is 4. The fraction of sp³-hybridized carbons (Fsp3) is 0.154. The van der Waals surface area contributed by atoms with Crippen LogP contribution in [0.1, 0.15) is 17.3 Å². The van der Waals surface area contributed by atoms with Crippen molar-refractivity contribution in [1.82, 2.24) is 4.57 Å². The summed E-state index contributed by atoms with van der Waals surface area (Å²) in [6.07, 6.45) is 3.31. The molecule has 0 atom stereocenters. The van der Waals surface area contributed by atoms with Crippen LogP contribution >= 0.6 is 0 Å². The lowest BCUT2D eigenvalue weighted by Gasteiger charge is -2.04. The minimum Gasteiger partial charge on any atom is -0.462 e. The molecule has 2 N–H and O–H groups in total. The number of primary sulfonamides is 1. The van der Waals surface area contributed by atoms with Gasteiger partial charge in [-0.05, 0) is 37.3 Å². The zero-order valence-electron chi connectivity index (χ0n) is 10.8. The molecule has 1 aromatic heterocycles. The van der Waals surface area contributed by atoms with Crippen LogP contribution in [0.3, 0.4) is 0 Å². The van der Waals surface area contributed by atoms with E-state index in [4.69, 9.17) is 9.88 Å². The average molecular weight is 294 g/mol. The van der Waals surface area contributed by atoms with E-state index in [0.29, 0.717) is 17.9 Å². The monoisotopic (exact) mass is 294 g/mol. The smallest absolute Gasteiger partial charge is 0.339 e. The van der Waals surface area contributed by atoms with Crippen LogP contribution in [-0.4, -0.2) is 25.6 Å². The molecule has 6 nitrogen and oxygen atoms in total. The van der Waals surface area contributed by atoms with Gasteiger partial charge in [0.1, 0.15) is 0 Å². The number of esters is 1. The first-order valence-corrected chi connectivity index (χ1v) is 7.45. The summed E-state index contributed by atoms with van der Waals surface area (Å²) in [5, 5.41) is 5.03. The third-order valence-corrected chi connectivity index (χ3v) is 3.60. The molecule has 1 heterocycles. The van der Waals surface area contributed by atoms with Gasteiger partial charge >= 0.3 is 5.97 Å². The van der Waals surface area contributed by atoms with Gasteiger partial charge in [0.05, 0.1) is 17.1 Å². The molecule has 0 aliphatic carbocycles. The van der Waals surface area contributed by atoms with E-state index in [1.807, 2.05) is 0 Å². The number of aromatic nitrogens is 1. The summed E-state index contributed by atoms with van der Waals surface area (Å²) in [7, 11) is -3.70. The van der Waals surface area contributed by atoms with Crippen molar-refractivity contribution in [1.29, 1.82) is 0 Å². The summed E-state index contributed by atoms with van der Waals surface area (Å²) in [6, 6.07) is 7.67. The predicted molar refractivity (Wildman–Crippen MR) is 73.1 cm³/mol. The molecule has 0 radical (unpaired) electrons. The lowest BCUT2D eigenvalue weighted by atomic mass is 10.3. The van der Waals surface area contributed by atoms with Gasteiger partial charge in [0, 0.05) is 18.1 Å². The van der Waals surface area contributed by atoms with Crippen LogP contribution in [0, 0.1) is 0 Å². The van der Waals surface area contributed by atoms with Gasteiger partial charge in [0.25, 0.3) is 0 Å². The first-order chi connectivity index (χ1) is 9.41. The van der Waals surface area contributed by atoms with Gasteiger partial charge in [-0.15, -0.1) is 0 Å². The van der Waals surface area contributed by atoms with Crippen molar-refractivity contribution < 1.29 is 17.9 Å². The number of hydrogen-bond donors (Lipinski definition) is 1. The molecule has 7 heteroatoms. The van der Waals surface area contributed by atoms with Crippen molar-refractivity contribution >= 4 is 16.0 Å². The van der Waals surface area contributed by atoms with Crippen LogP contribution in [0.15, 0.2) is 47.6 Å². The van der Waals surface area contributed by atoms with Crippen molar-refractivity contribution in [3.8, 4) is 5.69 Å². The minimum atomic E-state index is -3.70. The molecule has 0 spiro atoms. The highest BCUT2D eigenvalue weighted by Crippen LogP contribution is 2.14. The van der Waals surface area contributed by atoms with Crippen molar-refractivity contribution in [2.24, 2.45) is 5.14 Å². The largest absolute Gasteiger partial charge is 0.462 e. The quantitative estimate of drug-likeness (QED) is 0.860. The number of carbonyl (C=O) groups is 1. The molecule has 2 rings (SSSR count). The zero-order chi connectivity index (χ0) is 14.8. The highest BCUT2D eigenvalue weighted by molar-refractivity contribution is 7.89. The van der Waals surface area contributed by atoms with Gasteiger partial charge in [-0.2, -0.15) is 0 Å². The molecule has 0 saturated carbocycles. The van der Waals surface area contributed by atoms with Crippen LogP contribution in [0.5, 0.6) is 0 Å². The van der Waals surface area contributed by atoms with Gasteiger partial charge in [-0.25, -0.2) is 18.4 Å². The van der Waals surface area contributed by atoms with Crippen LogP contribution in [0.4, 0.5) is 0 Å². The van der Waals surface area contributed by atoms with Gasteiger partial charge in [-0.1, -0.05) is 0 Å². The predicted octanol–water partition coefficient (Wildman–Crippen LogP) is 1.30. The molecule has 0 amide bonds. The molecule has 0 unspecified atom stereocenters. The van der Waals surface area contributed by atoms with E-state index in [1.165, 1.54) is 12.1 Å². The Kier molecular flexibility index (Phi) is 3.91. The summed E-state index contributed by atoms with van der Waals surface area (Å²) in [6.45, 7) is 2.05. The van der Waals surface area contributed by atoms with Crippen molar-refractivity contribution in [3.63, 3.8) is 0 Å². The Balaban J connectivity index is 2.27. The number of nitrogens with zero attached hydrogens (tertiary/aromatic N) is 1. The molecular weight excluding hydrogens is 280 g/mol. The van der Waals surface area contributed by atoms with Crippen molar-refractivity contribution in [3.05, 3.63) is 48.3 Å². The molecule has 106 valence electrons. The van der Waals surface area contributed by atoms with E-state index in [-0.39, 0.29) is 4.90 Å². The number of sulfonamides is 1. The third-order valence-electron chi connectivity index (χ3n) is 2.67. The molecule has 2 aromatic rings. The highest BCUT2D eigenvalue weighted by atomic mass is 32.2. The zero-order valence-corrected chi connectivity index (χ0v) is 11.6. The first kappa shape index (κ1) is 14.3. The molecule has 0 bridgehead atoms. The van der Waals surface area contributed by atoms with E-state index >= 15 is 0 Å². The maximum atomic E-state index is 11.5. The number of nitrogens with two attached hydrogens (primary N) is 1. The number of benzene rings is 1. The summed E-state index contributed by atoms with van der Waals surface area (Å²) in [5.74, 6) is -0.396. The lowest BCUT2D eigenvalue weighted by Crippen LogP contribution is -2.11. The van der Waals surface area contributed by atoms with E-state index in [9.17, 15) is 13.2 Å². The molecule has 20 heavy (non-hydrogen) atoms. The first-order valence-electron chi connectivity index (χ1n) is 5.90. The Morgan fingerprint density at radius 2 is 1.90 bits per heavy atom. The lowest BCUT2D eigenvalue weighted by molar-refractivity contribution is 0.0526. The van der Waals surface area contributed by atoms with Gasteiger partial charge in [-0.3, -0.25) is 0 Å². The summed E-state index contributed by atoms with van der Waals surface area (Å²) < 4.78 is 28.9. The number of ether oxygens (including phenoxy) is 1. The number of carbonyl (C=O) groups excluding carboxylic acids is 1. The summed E-state index contributed by atoms with van der Waals surface area (Å²) in [5.41, 5.74) is 1.15. The second-order valence-electron chi connectivity index (χ2n) is 4.07. The van der Waals surface area contributed by atoms with Crippen LogP contribution in [0.25, 0.3) is 5.69 Å². The van der Waals surface area contributed by atoms with E-state index in [0.717, 1.165) is 0 Å². The Bertz CT molecular complexity index is 717. The van der Waals surface area contributed by atoms with Crippen molar-refractivity contribution in [2.75, 3.05) is 6.61 Å². The minimum absolute atomic E-state index is 0.0408. The molecule has 0 aliphatic heterocycles. The standard InChI is InChI=1S/C13H14N2O4S/c1-2-19-13(16)10-7-8-15(9-10)11-3-5-12(6-4-11)20(14,17)18/h3-9H,2H2,1H3,(H2,14,17,18). The second-order valence-corrected chi connectivity index (χ2v) is 5.63. The Hall–Kier alpha value is -2.12. The van der Waals surface area contributed by atoms with Crippen LogP contribution in [0.2, 0.25) is 0 Å². The maximum Gasteiger partial charge on any atom is 0.339 e. The fourth-order valence-corrected chi connectivity index (χ4v) is 2.22.